The summed E-state index contributed by atoms with van der Waals surface area (Å²) in [5.74, 6) is 0. The van der Waals surface area contributed by atoms with Gasteiger partial charge in [-0.15, -0.1) is 0 Å². The van der Waals surface area contributed by atoms with E-state index in [9.17, 15) is 5.11 Å². The molecule has 1 heterocycles. The fourth-order valence-electron chi connectivity index (χ4n) is 3.31. The molecule has 1 saturated heterocycles. The molecule has 2 atom stereocenters. The third-order valence-electron chi connectivity index (χ3n) is 4.69. The van der Waals surface area contributed by atoms with Crippen molar-refractivity contribution in [3.05, 3.63) is 35.9 Å². The molecule has 0 spiro atoms. The van der Waals surface area contributed by atoms with E-state index in [0.29, 0.717) is 6.61 Å². The number of nitrogens with one attached hydrogen (secondary N) is 2. The largest absolute Gasteiger partial charge is 0.391 e. The molecule has 0 amide bonds. The van der Waals surface area contributed by atoms with Crippen LogP contribution in [0.25, 0.3) is 0 Å². The average Bonchev–Trinajstić information content (AvgIpc) is 2.58. The van der Waals surface area contributed by atoms with Crippen LogP contribution in [0.1, 0.15) is 25.0 Å². The van der Waals surface area contributed by atoms with Crippen molar-refractivity contribution >= 4 is 0 Å². The number of piperazine rings is 1. The Balaban J connectivity index is 1.69. The molecule has 0 aliphatic carbocycles. The summed E-state index contributed by atoms with van der Waals surface area (Å²) < 4.78 is 5.94. The lowest BCUT2D eigenvalue weighted by Gasteiger charge is -2.30. The van der Waals surface area contributed by atoms with Gasteiger partial charge in [-0.2, -0.15) is 0 Å². The number of benzene rings is 1. The van der Waals surface area contributed by atoms with Crippen molar-refractivity contribution in [3.63, 3.8) is 0 Å². The van der Waals surface area contributed by atoms with Crippen LogP contribution in [0.5, 0.6) is 0 Å². The minimum absolute atomic E-state index is 0.0618. The lowest BCUT2D eigenvalue weighted by atomic mass is 10.1. The van der Waals surface area contributed by atoms with Crippen LogP contribution >= 0.6 is 0 Å². The topological polar surface area (TPSA) is 58.6 Å². The number of quaternary nitrogens is 2. The van der Waals surface area contributed by atoms with Crippen molar-refractivity contribution in [1.82, 2.24) is 0 Å². The number of ether oxygens (including phenoxy) is 1. The van der Waals surface area contributed by atoms with Gasteiger partial charge in [-0.3, -0.25) is 0 Å². The van der Waals surface area contributed by atoms with Gasteiger partial charge in [0.1, 0.15) is 45.4 Å². The minimum Gasteiger partial charge on any atom is -0.391 e. The zero-order chi connectivity index (χ0) is 16.5. The number of aliphatic hydroxyl groups excluding tert-OH is 2. The van der Waals surface area contributed by atoms with Crippen LogP contribution in [0.3, 0.4) is 0 Å². The van der Waals surface area contributed by atoms with Gasteiger partial charge in [0.2, 0.25) is 0 Å². The van der Waals surface area contributed by atoms with Gasteiger partial charge in [-0.1, -0.05) is 37.3 Å². The number of rotatable bonds is 9. The highest BCUT2D eigenvalue weighted by molar-refractivity contribution is 5.17. The van der Waals surface area contributed by atoms with Crippen molar-refractivity contribution in [2.45, 2.75) is 25.6 Å². The first kappa shape index (κ1) is 18.4. The zero-order valence-electron chi connectivity index (χ0n) is 14.2. The van der Waals surface area contributed by atoms with Gasteiger partial charge < -0.3 is 24.7 Å². The fraction of sp³-hybridized carbons (Fsp3) is 0.667. The van der Waals surface area contributed by atoms with Crippen LogP contribution in [0.2, 0.25) is 0 Å². The van der Waals surface area contributed by atoms with Crippen LogP contribution in [0.15, 0.2) is 30.3 Å². The monoisotopic (exact) mass is 324 g/mol. The number of hydrogen-bond acceptors (Lipinski definition) is 3. The second kappa shape index (κ2) is 10.0. The first-order valence-corrected chi connectivity index (χ1v) is 8.85. The lowest BCUT2D eigenvalue weighted by Crippen LogP contribution is -3.28. The molecular formula is C18H32N2O3+2. The molecule has 0 aromatic heterocycles. The molecule has 1 aromatic rings. The minimum atomic E-state index is -0.415. The van der Waals surface area contributed by atoms with E-state index in [2.05, 4.69) is 19.1 Å². The van der Waals surface area contributed by atoms with Gasteiger partial charge in [0, 0.05) is 0 Å². The van der Waals surface area contributed by atoms with Gasteiger partial charge in [0.15, 0.2) is 0 Å². The molecule has 1 aliphatic heterocycles. The molecule has 0 saturated carbocycles. The molecule has 2 rings (SSSR count). The Morgan fingerprint density at radius 2 is 1.74 bits per heavy atom. The molecule has 5 nitrogen and oxygen atoms in total. The summed E-state index contributed by atoms with van der Waals surface area (Å²) in [6, 6.07) is 10.2. The average molecular weight is 324 g/mol. The number of aliphatic hydroxyl groups is 2. The summed E-state index contributed by atoms with van der Waals surface area (Å²) >= 11 is 0. The molecule has 0 radical (unpaired) electrons. The van der Waals surface area contributed by atoms with Crippen LogP contribution in [-0.4, -0.2) is 68.8 Å². The quantitative estimate of drug-likeness (QED) is 0.438. The summed E-state index contributed by atoms with van der Waals surface area (Å²) in [6.45, 7) is 8.62. The van der Waals surface area contributed by atoms with Gasteiger partial charge in [0.05, 0.1) is 19.3 Å². The van der Waals surface area contributed by atoms with Crippen molar-refractivity contribution in [1.29, 1.82) is 0 Å². The summed E-state index contributed by atoms with van der Waals surface area (Å²) in [6.07, 6.45) is 0.557. The highest BCUT2D eigenvalue weighted by atomic mass is 16.5. The summed E-state index contributed by atoms with van der Waals surface area (Å²) in [5, 5.41) is 19.3. The fourth-order valence-corrected chi connectivity index (χ4v) is 3.31. The van der Waals surface area contributed by atoms with E-state index in [0.717, 1.165) is 45.7 Å². The van der Waals surface area contributed by atoms with Gasteiger partial charge in [0.25, 0.3) is 0 Å². The molecular weight excluding hydrogens is 292 g/mol. The Hall–Kier alpha value is -0.980. The predicted octanol–water partition coefficient (Wildman–Crippen LogP) is -1.71. The molecule has 1 aromatic carbocycles. The zero-order valence-corrected chi connectivity index (χ0v) is 14.2. The summed E-state index contributed by atoms with van der Waals surface area (Å²) in [5.41, 5.74) is 1.18. The Labute approximate surface area is 139 Å². The van der Waals surface area contributed by atoms with Crippen molar-refractivity contribution in [3.8, 4) is 0 Å². The second-order valence-electron chi connectivity index (χ2n) is 6.47. The van der Waals surface area contributed by atoms with E-state index >= 15 is 0 Å². The van der Waals surface area contributed by atoms with E-state index in [-0.39, 0.29) is 12.7 Å². The standard InChI is InChI=1S/C18H30N2O3/c1-2-18(16-6-4-3-5-7-16)23-15-17(22)14-20-10-8-19(9-11-20)12-13-21/h3-7,17-18,21-22H,2,8-15H2,1H3/p+2/t17-,18+/m0/s1. The molecule has 5 heteroatoms. The Bertz CT molecular complexity index is 422. The Morgan fingerprint density at radius 3 is 2.35 bits per heavy atom. The second-order valence-corrected chi connectivity index (χ2v) is 6.47. The van der Waals surface area contributed by atoms with Crippen LogP contribution in [-0.2, 0) is 4.74 Å². The molecule has 1 fully saturated rings. The molecule has 1 aliphatic rings. The van der Waals surface area contributed by atoms with E-state index in [1.165, 1.54) is 15.4 Å². The summed E-state index contributed by atoms with van der Waals surface area (Å²) in [4.78, 5) is 2.91. The molecule has 4 N–H and O–H groups in total. The van der Waals surface area contributed by atoms with Crippen LogP contribution in [0, 0.1) is 0 Å². The first-order chi connectivity index (χ1) is 11.2. The van der Waals surface area contributed by atoms with Crippen molar-refractivity contribution < 1.29 is 24.7 Å². The summed E-state index contributed by atoms with van der Waals surface area (Å²) in [7, 11) is 0. The third-order valence-corrected chi connectivity index (χ3v) is 4.69. The van der Waals surface area contributed by atoms with E-state index in [4.69, 9.17) is 9.84 Å². The predicted molar refractivity (Wildman–Crippen MR) is 89.6 cm³/mol. The van der Waals surface area contributed by atoms with Crippen LogP contribution in [0.4, 0.5) is 0 Å². The highest BCUT2D eigenvalue weighted by Crippen LogP contribution is 2.20. The van der Waals surface area contributed by atoms with E-state index in [1.54, 1.807) is 0 Å². The SMILES string of the molecule is CC[C@@H](OC[C@@H](O)C[NH+]1CC[NH+](CCO)CC1)c1ccccc1. The van der Waals surface area contributed by atoms with Gasteiger partial charge in [-0.05, 0) is 12.0 Å². The normalized spacial score (nSPS) is 24.3. The first-order valence-electron chi connectivity index (χ1n) is 8.85. The van der Waals surface area contributed by atoms with Gasteiger partial charge in [-0.25, -0.2) is 0 Å². The maximum atomic E-state index is 10.3. The molecule has 23 heavy (non-hydrogen) atoms. The van der Waals surface area contributed by atoms with Crippen LogP contribution < -0.4 is 9.80 Å². The number of hydrogen-bond donors (Lipinski definition) is 4. The molecule has 0 unspecified atom stereocenters. The van der Waals surface area contributed by atoms with Gasteiger partial charge >= 0.3 is 0 Å². The van der Waals surface area contributed by atoms with Crippen molar-refractivity contribution in [2.24, 2.45) is 0 Å². The lowest BCUT2D eigenvalue weighted by molar-refractivity contribution is -1.01. The molecule has 0 bridgehead atoms. The smallest absolute Gasteiger partial charge is 0.127 e. The Kier molecular flexibility index (Phi) is 7.99. The van der Waals surface area contributed by atoms with Crippen molar-refractivity contribution in [2.75, 3.05) is 52.5 Å². The maximum Gasteiger partial charge on any atom is 0.127 e. The third kappa shape index (κ3) is 6.20. The molecule has 130 valence electrons. The highest BCUT2D eigenvalue weighted by Gasteiger charge is 2.25. The van der Waals surface area contributed by atoms with E-state index in [1.807, 2.05) is 18.2 Å². The maximum absolute atomic E-state index is 10.3. The Morgan fingerprint density at radius 1 is 1.09 bits per heavy atom. The van der Waals surface area contributed by atoms with E-state index < -0.39 is 6.10 Å².